The first-order valence-electron chi connectivity index (χ1n) is 8.50. The minimum absolute atomic E-state index is 0.0415. The monoisotopic (exact) mass is 386 g/mol. The minimum Gasteiger partial charge on any atom is -0.465 e. The van der Waals surface area contributed by atoms with Crippen molar-refractivity contribution in [2.24, 2.45) is 0 Å². The van der Waals surface area contributed by atoms with E-state index in [0.717, 1.165) is 35.0 Å². The van der Waals surface area contributed by atoms with Crippen LogP contribution in [0.4, 0.5) is 0 Å². The Morgan fingerprint density at radius 3 is 3.04 bits per heavy atom. The highest BCUT2D eigenvalue weighted by Crippen LogP contribution is 2.34. The number of carbonyl (C=O) groups excluding carboxylic acids is 1. The Morgan fingerprint density at radius 2 is 2.19 bits per heavy atom. The van der Waals surface area contributed by atoms with E-state index in [1.165, 1.54) is 35.7 Å². The van der Waals surface area contributed by atoms with Gasteiger partial charge in [-0.05, 0) is 48.9 Å². The highest BCUT2D eigenvalue weighted by Gasteiger charge is 2.19. The molecule has 0 bridgehead atoms. The molecule has 1 aromatic carbocycles. The number of carbonyl (C=O) groups is 1. The summed E-state index contributed by atoms with van der Waals surface area (Å²) in [5, 5.41) is 1.39. The second-order valence-electron chi connectivity index (χ2n) is 6.24. The first-order chi connectivity index (χ1) is 12.7. The largest absolute Gasteiger partial charge is 0.465 e. The zero-order valence-corrected chi connectivity index (χ0v) is 16.0. The van der Waals surface area contributed by atoms with E-state index in [2.05, 4.69) is 9.97 Å². The van der Waals surface area contributed by atoms with E-state index in [9.17, 15) is 9.59 Å². The molecular formula is C19H18N2O3S2. The van der Waals surface area contributed by atoms with Crippen LogP contribution < -0.4 is 5.56 Å². The number of nitrogens with zero attached hydrogens (tertiary/aromatic N) is 1. The number of benzene rings is 1. The molecule has 4 rings (SSSR count). The maximum absolute atomic E-state index is 12.6. The normalized spacial score (nSPS) is 13.6. The summed E-state index contributed by atoms with van der Waals surface area (Å²) in [6, 6.07) is 7.30. The van der Waals surface area contributed by atoms with Gasteiger partial charge in [-0.15, -0.1) is 11.3 Å². The van der Waals surface area contributed by atoms with Gasteiger partial charge in [-0.2, -0.15) is 0 Å². The van der Waals surface area contributed by atoms with Crippen LogP contribution in [-0.2, 0) is 23.3 Å². The van der Waals surface area contributed by atoms with Crippen molar-refractivity contribution in [3.8, 4) is 0 Å². The quantitative estimate of drug-likeness (QED) is 0.418. The van der Waals surface area contributed by atoms with Crippen molar-refractivity contribution in [2.75, 3.05) is 7.11 Å². The highest BCUT2D eigenvalue weighted by molar-refractivity contribution is 7.98. The number of aryl methyl sites for hydroxylation is 2. The molecule has 0 atom stereocenters. The molecule has 0 spiro atoms. The predicted octanol–water partition coefficient (Wildman–Crippen LogP) is 3.94. The molecule has 0 radical (unpaired) electrons. The number of ether oxygens (including phenoxy) is 1. The van der Waals surface area contributed by atoms with Crippen molar-refractivity contribution in [1.29, 1.82) is 0 Å². The maximum atomic E-state index is 12.6. The number of esters is 1. The fraction of sp³-hybridized carbons (Fsp3) is 0.316. The molecule has 1 aliphatic rings. The first kappa shape index (κ1) is 17.3. The van der Waals surface area contributed by atoms with Crippen molar-refractivity contribution >= 4 is 39.3 Å². The van der Waals surface area contributed by atoms with E-state index in [4.69, 9.17) is 4.74 Å². The van der Waals surface area contributed by atoms with E-state index >= 15 is 0 Å². The van der Waals surface area contributed by atoms with Crippen LogP contribution in [0.3, 0.4) is 0 Å². The van der Waals surface area contributed by atoms with Gasteiger partial charge in [0.15, 0.2) is 5.16 Å². The molecule has 0 fully saturated rings. The summed E-state index contributed by atoms with van der Waals surface area (Å²) in [7, 11) is 1.37. The third-order valence-corrected chi connectivity index (χ3v) is 6.66. The number of aromatic amines is 1. The molecule has 1 aliphatic carbocycles. The van der Waals surface area contributed by atoms with Gasteiger partial charge in [-0.1, -0.05) is 23.9 Å². The van der Waals surface area contributed by atoms with Crippen LogP contribution in [0.15, 0.2) is 34.2 Å². The standard InChI is InChI=1S/C19H18N2O3S2/c1-24-18(23)12-6-4-5-11(9-12)10-25-19-20-16(22)15-13-7-2-3-8-14(13)26-17(15)21-19/h4-6,9H,2-3,7-8,10H2,1H3,(H,20,21,22). The van der Waals surface area contributed by atoms with E-state index in [-0.39, 0.29) is 11.5 Å². The van der Waals surface area contributed by atoms with E-state index in [0.29, 0.717) is 16.5 Å². The molecule has 3 aromatic rings. The number of methoxy groups -OCH3 is 1. The molecule has 0 saturated heterocycles. The number of thioether (sulfide) groups is 1. The number of nitrogens with one attached hydrogen (secondary N) is 1. The van der Waals surface area contributed by atoms with E-state index in [1.54, 1.807) is 23.5 Å². The zero-order valence-electron chi connectivity index (χ0n) is 14.3. The van der Waals surface area contributed by atoms with E-state index < -0.39 is 0 Å². The van der Waals surface area contributed by atoms with Gasteiger partial charge in [0, 0.05) is 10.6 Å². The summed E-state index contributed by atoms with van der Waals surface area (Å²) < 4.78 is 4.75. The van der Waals surface area contributed by atoms with Crippen molar-refractivity contribution in [3.05, 3.63) is 56.2 Å². The summed E-state index contributed by atoms with van der Waals surface area (Å²) >= 11 is 3.12. The Labute approximate surface area is 158 Å². The van der Waals surface area contributed by atoms with Crippen molar-refractivity contribution < 1.29 is 9.53 Å². The Balaban J connectivity index is 1.58. The molecule has 0 unspecified atom stereocenters. The van der Waals surface area contributed by atoms with E-state index in [1.807, 2.05) is 12.1 Å². The third-order valence-electron chi connectivity index (χ3n) is 4.53. The highest BCUT2D eigenvalue weighted by atomic mass is 32.2. The van der Waals surface area contributed by atoms with Gasteiger partial charge >= 0.3 is 5.97 Å². The summed E-state index contributed by atoms with van der Waals surface area (Å²) in [5.74, 6) is 0.263. The molecular weight excluding hydrogens is 368 g/mol. The fourth-order valence-electron chi connectivity index (χ4n) is 3.27. The predicted molar refractivity (Wildman–Crippen MR) is 104 cm³/mol. The van der Waals surface area contributed by atoms with Crippen molar-refractivity contribution in [3.63, 3.8) is 0 Å². The second kappa shape index (κ2) is 7.25. The topological polar surface area (TPSA) is 72.0 Å². The molecule has 0 amide bonds. The molecule has 2 aromatic heterocycles. The molecule has 0 saturated carbocycles. The molecule has 7 heteroatoms. The number of fused-ring (bicyclic) bond motifs is 3. The van der Waals surface area contributed by atoms with Gasteiger partial charge in [0.05, 0.1) is 18.1 Å². The van der Waals surface area contributed by atoms with Gasteiger partial charge in [0.25, 0.3) is 5.56 Å². The van der Waals surface area contributed by atoms with Gasteiger partial charge in [-0.3, -0.25) is 4.79 Å². The van der Waals surface area contributed by atoms with Crippen LogP contribution in [0.2, 0.25) is 0 Å². The van der Waals surface area contributed by atoms with Crippen LogP contribution in [0.1, 0.15) is 39.2 Å². The number of rotatable bonds is 4. The number of thiophene rings is 1. The number of hydrogen-bond donors (Lipinski definition) is 1. The minimum atomic E-state index is -0.353. The van der Waals surface area contributed by atoms with Gasteiger partial charge in [0.2, 0.25) is 0 Å². The van der Waals surface area contributed by atoms with Gasteiger partial charge in [-0.25, -0.2) is 9.78 Å². The third kappa shape index (κ3) is 3.29. The van der Waals surface area contributed by atoms with Gasteiger partial charge in [0.1, 0.15) is 4.83 Å². The molecule has 26 heavy (non-hydrogen) atoms. The van der Waals surface area contributed by atoms with Crippen molar-refractivity contribution in [2.45, 2.75) is 36.6 Å². The van der Waals surface area contributed by atoms with Crippen LogP contribution in [0, 0.1) is 0 Å². The average molecular weight is 386 g/mol. The van der Waals surface area contributed by atoms with Gasteiger partial charge < -0.3 is 9.72 Å². The first-order valence-corrected chi connectivity index (χ1v) is 10.3. The SMILES string of the molecule is COC(=O)c1cccc(CSc2nc3sc4c(c3c(=O)[nH]2)CCCC4)c1. The lowest BCUT2D eigenvalue weighted by Gasteiger charge is -2.09. The molecule has 1 N–H and O–H groups in total. The Bertz CT molecular complexity index is 1040. The number of H-pyrrole nitrogens is 1. The second-order valence-corrected chi connectivity index (χ2v) is 8.29. The summed E-state index contributed by atoms with van der Waals surface area (Å²) in [4.78, 5) is 33.9. The van der Waals surface area contributed by atoms with Crippen molar-refractivity contribution in [1.82, 2.24) is 9.97 Å². The molecule has 134 valence electrons. The van der Waals surface area contributed by atoms with Crippen LogP contribution >= 0.6 is 23.1 Å². The summed E-state index contributed by atoms with van der Waals surface area (Å²) in [6.45, 7) is 0. The van der Waals surface area contributed by atoms with Crippen LogP contribution in [0.25, 0.3) is 10.2 Å². The Morgan fingerprint density at radius 1 is 1.35 bits per heavy atom. The lowest BCUT2D eigenvalue weighted by atomic mass is 9.97. The lowest BCUT2D eigenvalue weighted by molar-refractivity contribution is 0.0600. The maximum Gasteiger partial charge on any atom is 0.337 e. The number of hydrogen-bond acceptors (Lipinski definition) is 6. The van der Waals surface area contributed by atoms with Crippen LogP contribution in [0.5, 0.6) is 0 Å². The van der Waals surface area contributed by atoms with Crippen LogP contribution in [-0.4, -0.2) is 23.0 Å². The Hall–Kier alpha value is -2.12. The Kier molecular flexibility index (Phi) is 4.82. The molecule has 0 aliphatic heterocycles. The molecule has 5 nitrogen and oxygen atoms in total. The number of aromatic nitrogens is 2. The summed E-state index contributed by atoms with van der Waals surface area (Å²) in [6.07, 6.45) is 4.37. The fourth-order valence-corrected chi connectivity index (χ4v) is 5.39. The molecule has 2 heterocycles. The summed E-state index contributed by atoms with van der Waals surface area (Å²) in [5.41, 5.74) is 2.66. The average Bonchev–Trinajstić information content (AvgIpc) is 3.04. The lowest BCUT2D eigenvalue weighted by Crippen LogP contribution is -2.10. The smallest absolute Gasteiger partial charge is 0.337 e. The zero-order chi connectivity index (χ0) is 18.1.